The molecule has 6 nitrogen and oxygen atoms in total. The lowest BCUT2D eigenvalue weighted by Crippen LogP contribution is -2.39. The molecule has 7 heteroatoms. The van der Waals surface area contributed by atoms with Crippen molar-refractivity contribution in [2.24, 2.45) is 0 Å². The fraction of sp³-hybridized carbons (Fsp3) is 0.375. The van der Waals surface area contributed by atoms with Crippen LogP contribution in [0, 0.1) is 6.92 Å². The van der Waals surface area contributed by atoms with Crippen LogP contribution in [0.3, 0.4) is 0 Å². The average Bonchev–Trinajstić information content (AvgIpc) is 3.06. The molecule has 4 heterocycles. The molecule has 0 unspecified atom stereocenters. The number of fused-ring (bicyclic) bond motifs is 1. The van der Waals surface area contributed by atoms with Crippen LogP contribution >= 0.6 is 11.3 Å². The second kappa shape index (κ2) is 6.08. The summed E-state index contributed by atoms with van der Waals surface area (Å²) in [4.78, 5) is 20.6. The quantitative estimate of drug-likeness (QED) is 0.737. The molecule has 4 rings (SSSR count). The number of nitrogens with zero attached hydrogens (tertiary/aromatic N) is 5. The van der Waals surface area contributed by atoms with Gasteiger partial charge in [-0.05, 0) is 23.9 Å². The molecule has 0 bridgehead atoms. The van der Waals surface area contributed by atoms with E-state index >= 15 is 0 Å². The fourth-order valence-electron chi connectivity index (χ4n) is 2.81. The average molecular weight is 327 g/mol. The number of hydrogen-bond acceptors (Lipinski definition) is 7. The minimum atomic E-state index is 0.161. The second-order valence-corrected chi connectivity index (χ2v) is 6.58. The number of aromatic nitrogens is 4. The number of piperidine rings is 1. The van der Waals surface area contributed by atoms with Gasteiger partial charge < -0.3 is 9.64 Å². The van der Waals surface area contributed by atoms with E-state index in [0.29, 0.717) is 6.01 Å². The van der Waals surface area contributed by atoms with Crippen LogP contribution in [-0.2, 0) is 0 Å². The normalized spacial score (nSPS) is 16.0. The Morgan fingerprint density at radius 1 is 1.13 bits per heavy atom. The fourth-order valence-corrected chi connectivity index (χ4v) is 3.53. The maximum Gasteiger partial charge on any atom is 0.316 e. The van der Waals surface area contributed by atoms with Crippen molar-refractivity contribution in [1.29, 1.82) is 0 Å². The van der Waals surface area contributed by atoms with Crippen LogP contribution in [0.2, 0.25) is 0 Å². The van der Waals surface area contributed by atoms with Crippen LogP contribution < -0.4 is 9.64 Å². The van der Waals surface area contributed by atoms with E-state index in [0.717, 1.165) is 47.5 Å². The summed E-state index contributed by atoms with van der Waals surface area (Å²) in [6, 6.07) is 2.56. The van der Waals surface area contributed by atoms with E-state index in [9.17, 15) is 0 Å². The van der Waals surface area contributed by atoms with Crippen LogP contribution in [0.25, 0.3) is 10.2 Å². The van der Waals surface area contributed by atoms with Crippen molar-refractivity contribution in [3.8, 4) is 6.01 Å². The minimum Gasteiger partial charge on any atom is -0.460 e. The second-order valence-electron chi connectivity index (χ2n) is 5.68. The van der Waals surface area contributed by atoms with Gasteiger partial charge >= 0.3 is 6.01 Å². The highest BCUT2D eigenvalue weighted by molar-refractivity contribution is 7.16. The van der Waals surface area contributed by atoms with Crippen LogP contribution in [0.4, 0.5) is 5.82 Å². The first-order valence-corrected chi connectivity index (χ1v) is 8.56. The molecule has 1 aliphatic heterocycles. The van der Waals surface area contributed by atoms with Crippen molar-refractivity contribution in [3.05, 3.63) is 35.7 Å². The van der Waals surface area contributed by atoms with Gasteiger partial charge in [-0.15, -0.1) is 11.3 Å². The van der Waals surface area contributed by atoms with Crippen LogP contribution in [-0.4, -0.2) is 39.1 Å². The molecule has 1 aliphatic rings. The highest BCUT2D eigenvalue weighted by Crippen LogP contribution is 2.29. The Kier molecular flexibility index (Phi) is 3.78. The van der Waals surface area contributed by atoms with Gasteiger partial charge in [-0.1, -0.05) is 0 Å². The summed E-state index contributed by atoms with van der Waals surface area (Å²) >= 11 is 1.65. The van der Waals surface area contributed by atoms with Crippen molar-refractivity contribution in [3.63, 3.8) is 0 Å². The zero-order valence-electron chi connectivity index (χ0n) is 12.8. The molecule has 0 saturated carbocycles. The molecule has 1 saturated heterocycles. The molecule has 0 aromatic carbocycles. The van der Waals surface area contributed by atoms with Crippen LogP contribution in [0.1, 0.15) is 18.4 Å². The van der Waals surface area contributed by atoms with Crippen molar-refractivity contribution >= 4 is 27.4 Å². The van der Waals surface area contributed by atoms with Gasteiger partial charge in [0.15, 0.2) is 0 Å². The Hall–Kier alpha value is -2.28. The van der Waals surface area contributed by atoms with Gasteiger partial charge in [0.1, 0.15) is 23.1 Å². The van der Waals surface area contributed by atoms with Gasteiger partial charge in [0.25, 0.3) is 0 Å². The number of thiophene rings is 1. The van der Waals surface area contributed by atoms with Gasteiger partial charge in [0.05, 0.1) is 5.39 Å². The van der Waals surface area contributed by atoms with Crippen LogP contribution in [0.15, 0.2) is 30.2 Å². The molecule has 23 heavy (non-hydrogen) atoms. The van der Waals surface area contributed by atoms with Gasteiger partial charge in [-0.2, -0.15) is 0 Å². The summed E-state index contributed by atoms with van der Waals surface area (Å²) in [7, 11) is 0. The Bertz CT molecular complexity index is 796. The first-order valence-electron chi connectivity index (χ1n) is 7.68. The maximum absolute atomic E-state index is 5.89. The molecule has 0 amide bonds. The topological polar surface area (TPSA) is 64.0 Å². The number of aryl methyl sites for hydroxylation is 1. The van der Waals surface area contributed by atoms with Crippen molar-refractivity contribution < 1.29 is 4.74 Å². The molecule has 0 aliphatic carbocycles. The highest BCUT2D eigenvalue weighted by Gasteiger charge is 2.23. The summed E-state index contributed by atoms with van der Waals surface area (Å²) in [5.41, 5.74) is 1.04. The summed E-state index contributed by atoms with van der Waals surface area (Å²) in [6.07, 6.45) is 7.25. The standard InChI is InChI=1S/C16H17N5OS/c1-11-8-17-16(18-9-11)22-12-2-5-21(6-3-12)14-13-4-7-23-15(13)20-10-19-14/h4,7-10,12H,2-3,5-6H2,1H3. The molecule has 0 spiro atoms. The van der Waals surface area contributed by atoms with Gasteiger partial charge in [-0.3, -0.25) is 0 Å². The van der Waals surface area contributed by atoms with E-state index in [-0.39, 0.29) is 6.10 Å². The highest BCUT2D eigenvalue weighted by atomic mass is 32.1. The van der Waals surface area contributed by atoms with E-state index in [1.165, 1.54) is 0 Å². The lowest BCUT2D eigenvalue weighted by molar-refractivity contribution is 0.156. The third-order valence-electron chi connectivity index (χ3n) is 4.01. The zero-order chi connectivity index (χ0) is 15.6. The Morgan fingerprint density at radius 3 is 2.70 bits per heavy atom. The largest absolute Gasteiger partial charge is 0.460 e. The smallest absolute Gasteiger partial charge is 0.316 e. The molecule has 0 radical (unpaired) electrons. The SMILES string of the molecule is Cc1cnc(OC2CCN(c3ncnc4sccc34)CC2)nc1. The van der Waals surface area contributed by atoms with Gasteiger partial charge in [0.2, 0.25) is 0 Å². The minimum absolute atomic E-state index is 0.161. The Balaban J connectivity index is 1.43. The zero-order valence-corrected chi connectivity index (χ0v) is 13.7. The first kappa shape index (κ1) is 14.3. The predicted molar refractivity (Wildman–Crippen MR) is 90.0 cm³/mol. The Labute approximate surface area is 138 Å². The number of anilines is 1. The molecular weight excluding hydrogens is 310 g/mol. The molecule has 118 valence electrons. The third-order valence-corrected chi connectivity index (χ3v) is 4.83. The van der Waals surface area contributed by atoms with Gasteiger partial charge in [-0.25, -0.2) is 19.9 Å². The van der Waals surface area contributed by atoms with E-state index in [2.05, 4.69) is 36.3 Å². The summed E-state index contributed by atoms with van der Waals surface area (Å²) in [5.74, 6) is 1.03. The summed E-state index contributed by atoms with van der Waals surface area (Å²) < 4.78 is 5.89. The lowest BCUT2D eigenvalue weighted by Gasteiger charge is -2.32. The monoisotopic (exact) mass is 327 g/mol. The van der Waals surface area contributed by atoms with Crippen molar-refractivity contribution in [1.82, 2.24) is 19.9 Å². The van der Waals surface area contributed by atoms with E-state index in [1.807, 2.05) is 6.92 Å². The maximum atomic E-state index is 5.89. The molecule has 0 atom stereocenters. The number of ether oxygens (including phenoxy) is 1. The number of rotatable bonds is 3. The first-order chi connectivity index (χ1) is 11.3. The summed E-state index contributed by atoms with van der Waals surface area (Å²) in [6.45, 7) is 3.80. The molecule has 1 fully saturated rings. The van der Waals surface area contributed by atoms with E-state index < -0.39 is 0 Å². The lowest BCUT2D eigenvalue weighted by atomic mass is 10.1. The predicted octanol–water partition coefficient (Wildman–Crippen LogP) is 2.84. The van der Waals surface area contributed by atoms with E-state index in [4.69, 9.17) is 4.74 Å². The van der Waals surface area contributed by atoms with Gasteiger partial charge in [0, 0.05) is 38.3 Å². The van der Waals surface area contributed by atoms with Crippen molar-refractivity contribution in [2.75, 3.05) is 18.0 Å². The Morgan fingerprint density at radius 2 is 1.91 bits per heavy atom. The molecular formula is C16H17N5OS. The van der Waals surface area contributed by atoms with Crippen LogP contribution in [0.5, 0.6) is 6.01 Å². The summed E-state index contributed by atoms with van der Waals surface area (Å²) in [5, 5.41) is 3.20. The van der Waals surface area contributed by atoms with Crippen molar-refractivity contribution in [2.45, 2.75) is 25.9 Å². The molecule has 3 aromatic rings. The number of hydrogen-bond donors (Lipinski definition) is 0. The molecule has 3 aromatic heterocycles. The van der Waals surface area contributed by atoms with E-state index in [1.54, 1.807) is 30.1 Å². The molecule has 0 N–H and O–H groups in total. The third kappa shape index (κ3) is 2.96.